The molecule has 0 N–H and O–H groups in total. The molecule has 18 heavy (non-hydrogen) atoms. The van der Waals surface area contributed by atoms with Crippen LogP contribution in [0.2, 0.25) is 0 Å². The van der Waals surface area contributed by atoms with E-state index >= 15 is 0 Å². The highest BCUT2D eigenvalue weighted by molar-refractivity contribution is 5.97. The number of aryl methyl sites for hydroxylation is 2. The molecule has 0 saturated carbocycles. The molecule has 0 heterocycles. The van der Waals surface area contributed by atoms with Gasteiger partial charge in [0.2, 0.25) is 0 Å². The van der Waals surface area contributed by atoms with Crippen LogP contribution in [0.1, 0.15) is 34.3 Å². The molecule has 0 unspecified atom stereocenters. The first-order valence-corrected chi connectivity index (χ1v) is 6.40. The standard InChI is InChI=1S/C17H18O/c1-14-8-5-6-12-16(14)17(18)13-7-11-15-9-3-2-4-10-15/h2-6,8-10,12H,7,11,13H2,1H3. The third-order valence-corrected chi connectivity index (χ3v) is 3.16. The van der Waals surface area contributed by atoms with Gasteiger partial charge in [-0.15, -0.1) is 0 Å². The third kappa shape index (κ3) is 3.30. The van der Waals surface area contributed by atoms with Gasteiger partial charge >= 0.3 is 0 Å². The maximum atomic E-state index is 12.1. The van der Waals surface area contributed by atoms with E-state index in [1.165, 1.54) is 5.56 Å². The molecule has 0 aromatic heterocycles. The summed E-state index contributed by atoms with van der Waals surface area (Å²) in [6.45, 7) is 1.99. The van der Waals surface area contributed by atoms with Gasteiger partial charge in [0, 0.05) is 12.0 Å². The molecule has 0 atom stereocenters. The van der Waals surface area contributed by atoms with Gasteiger partial charge in [0.25, 0.3) is 0 Å². The molecule has 0 bridgehead atoms. The van der Waals surface area contributed by atoms with Gasteiger partial charge in [-0.3, -0.25) is 4.79 Å². The van der Waals surface area contributed by atoms with Crippen molar-refractivity contribution in [1.82, 2.24) is 0 Å². The Morgan fingerprint density at radius 3 is 2.33 bits per heavy atom. The van der Waals surface area contributed by atoms with Crippen molar-refractivity contribution in [3.63, 3.8) is 0 Å². The van der Waals surface area contributed by atoms with Crippen molar-refractivity contribution in [2.75, 3.05) is 0 Å². The predicted octanol–water partition coefficient (Wildman–Crippen LogP) is 4.20. The van der Waals surface area contributed by atoms with Gasteiger partial charge in [-0.1, -0.05) is 54.6 Å². The van der Waals surface area contributed by atoms with Crippen molar-refractivity contribution >= 4 is 5.78 Å². The van der Waals surface area contributed by atoms with Crippen molar-refractivity contribution in [3.8, 4) is 0 Å². The van der Waals surface area contributed by atoms with Crippen LogP contribution in [0, 0.1) is 6.92 Å². The summed E-state index contributed by atoms with van der Waals surface area (Å²) in [6.07, 6.45) is 2.51. The molecular formula is C17H18O. The highest BCUT2D eigenvalue weighted by Gasteiger charge is 2.07. The summed E-state index contributed by atoms with van der Waals surface area (Å²) < 4.78 is 0. The molecule has 0 saturated heterocycles. The Bertz CT molecular complexity index is 514. The van der Waals surface area contributed by atoms with Crippen LogP contribution in [0.5, 0.6) is 0 Å². The molecule has 0 aliphatic heterocycles. The van der Waals surface area contributed by atoms with Crippen LogP contribution in [-0.2, 0) is 6.42 Å². The van der Waals surface area contributed by atoms with Crippen LogP contribution in [-0.4, -0.2) is 5.78 Å². The Morgan fingerprint density at radius 1 is 0.944 bits per heavy atom. The van der Waals surface area contributed by atoms with Gasteiger partial charge in [-0.2, -0.15) is 0 Å². The molecule has 0 aliphatic carbocycles. The molecule has 2 aromatic carbocycles. The van der Waals surface area contributed by atoms with E-state index < -0.39 is 0 Å². The number of carbonyl (C=O) groups is 1. The second-order valence-electron chi connectivity index (χ2n) is 4.58. The quantitative estimate of drug-likeness (QED) is 0.713. The number of Topliss-reactive ketones (excluding diaryl/α,β-unsaturated/α-hetero) is 1. The minimum atomic E-state index is 0.254. The van der Waals surface area contributed by atoms with Crippen LogP contribution in [0.4, 0.5) is 0 Å². The fourth-order valence-electron chi connectivity index (χ4n) is 2.12. The van der Waals surface area contributed by atoms with Crippen molar-refractivity contribution in [2.45, 2.75) is 26.2 Å². The predicted molar refractivity (Wildman–Crippen MR) is 74.9 cm³/mol. The van der Waals surface area contributed by atoms with E-state index in [0.717, 1.165) is 24.0 Å². The average Bonchev–Trinajstić information content (AvgIpc) is 2.40. The van der Waals surface area contributed by atoms with Crippen LogP contribution in [0.15, 0.2) is 54.6 Å². The summed E-state index contributed by atoms with van der Waals surface area (Å²) in [7, 11) is 0. The molecule has 0 aliphatic rings. The number of ketones is 1. The zero-order valence-corrected chi connectivity index (χ0v) is 10.7. The second-order valence-corrected chi connectivity index (χ2v) is 4.58. The fraction of sp³-hybridized carbons (Fsp3) is 0.235. The minimum absolute atomic E-state index is 0.254. The van der Waals surface area contributed by atoms with Gasteiger partial charge in [0.15, 0.2) is 5.78 Å². The summed E-state index contributed by atoms with van der Waals surface area (Å²) in [5, 5.41) is 0. The molecule has 2 rings (SSSR count). The van der Waals surface area contributed by atoms with Crippen molar-refractivity contribution in [1.29, 1.82) is 0 Å². The van der Waals surface area contributed by atoms with Crippen LogP contribution < -0.4 is 0 Å². The smallest absolute Gasteiger partial charge is 0.163 e. The second kappa shape index (κ2) is 6.15. The number of hydrogen-bond donors (Lipinski definition) is 0. The maximum absolute atomic E-state index is 12.1. The lowest BCUT2D eigenvalue weighted by atomic mass is 9.99. The summed E-state index contributed by atoms with van der Waals surface area (Å²) >= 11 is 0. The topological polar surface area (TPSA) is 17.1 Å². The highest BCUT2D eigenvalue weighted by atomic mass is 16.1. The van der Waals surface area contributed by atoms with Crippen molar-refractivity contribution in [3.05, 3.63) is 71.3 Å². The Hall–Kier alpha value is -1.89. The van der Waals surface area contributed by atoms with Crippen molar-refractivity contribution in [2.24, 2.45) is 0 Å². The van der Waals surface area contributed by atoms with Crippen LogP contribution in [0.25, 0.3) is 0 Å². The van der Waals surface area contributed by atoms with E-state index in [-0.39, 0.29) is 5.78 Å². The van der Waals surface area contributed by atoms with Gasteiger partial charge in [0.05, 0.1) is 0 Å². The lowest BCUT2D eigenvalue weighted by molar-refractivity contribution is 0.0979. The largest absolute Gasteiger partial charge is 0.294 e. The van der Waals surface area contributed by atoms with E-state index in [4.69, 9.17) is 0 Å². The van der Waals surface area contributed by atoms with Crippen LogP contribution >= 0.6 is 0 Å². The Labute approximate surface area is 108 Å². The van der Waals surface area contributed by atoms with Gasteiger partial charge in [-0.05, 0) is 30.9 Å². The van der Waals surface area contributed by atoms with E-state index in [2.05, 4.69) is 12.1 Å². The zero-order valence-electron chi connectivity index (χ0n) is 10.7. The Balaban J connectivity index is 1.88. The maximum Gasteiger partial charge on any atom is 0.163 e. The average molecular weight is 238 g/mol. The van der Waals surface area contributed by atoms with Gasteiger partial charge in [0.1, 0.15) is 0 Å². The Kier molecular flexibility index (Phi) is 4.30. The van der Waals surface area contributed by atoms with E-state index in [1.807, 2.05) is 49.4 Å². The fourth-order valence-corrected chi connectivity index (χ4v) is 2.12. The number of hydrogen-bond acceptors (Lipinski definition) is 1. The minimum Gasteiger partial charge on any atom is -0.294 e. The first-order valence-electron chi connectivity index (χ1n) is 6.40. The molecule has 92 valence electrons. The van der Waals surface area contributed by atoms with Crippen molar-refractivity contribution < 1.29 is 4.79 Å². The normalized spacial score (nSPS) is 10.3. The zero-order chi connectivity index (χ0) is 12.8. The molecule has 0 spiro atoms. The summed E-state index contributed by atoms with van der Waals surface area (Å²) in [5.74, 6) is 0.254. The molecule has 0 amide bonds. The molecule has 2 aromatic rings. The van der Waals surface area contributed by atoms with Crippen LogP contribution in [0.3, 0.4) is 0 Å². The number of carbonyl (C=O) groups excluding carboxylic acids is 1. The van der Waals surface area contributed by atoms with Gasteiger partial charge in [-0.25, -0.2) is 0 Å². The third-order valence-electron chi connectivity index (χ3n) is 3.16. The lowest BCUT2D eigenvalue weighted by Gasteiger charge is -2.04. The van der Waals surface area contributed by atoms with Gasteiger partial charge < -0.3 is 0 Å². The Morgan fingerprint density at radius 2 is 1.61 bits per heavy atom. The number of benzene rings is 2. The molecule has 1 nitrogen and oxygen atoms in total. The monoisotopic (exact) mass is 238 g/mol. The molecular weight excluding hydrogens is 220 g/mol. The first-order chi connectivity index (χ1) is 8.77. The number of rotatable bonds is 5. The molecule has 0 fully saturated rings. The summed E-state index contributed by atoms with van der Waals surface area (Å²) in [6, 6.07) is 18.1. The van der Waals surface area contributed by atoms with E-state index in [1.54, 1.807) is 0 Å². The van der Waals surface area contributed by atoms with E-state index in [9.17, 15) is 4.79 Å². The van der Waals surface area contributed by atoms with E-state index in [0.29, 0.717) is 6.42 Å². The summed E-state index contributed by atoms with van der Waals surface area (Å²) in [5.41, 5.74) is 3.24. The molecule has 1 heteroatoms. The SMILES string of the molecule is Cc1ccccc1C(=O)CCCc1ccccc1. The molecule has 0 radical (unpaired) electrons. The summed E-state index contributed by atoms with van der Waals surface area (Å²) in [4.78, 5) is 12.1. The lowest BCUT2D eigenvalue weighted by Crippen LogP contribution is -2.02. The first kappa shape index (κ1) is 12.6. The highest BCUT2D eigenvalue weighted by Crippen LogP contribution is 2.12.